The number of piperazine rings is 1. The van der Waals surface area contributed by atoms with Gasteiger partial charge >= 0.3 is 0 Å². The summed E-state index contributed by atoms with van der Waals surface area (Å²) >= 11 is 0. The highest BCUT2D eigenvalue weighted by molar-refractivity contribution is 5.92. The first-order valence-electron chi connectivity index (χ1n) is 10.5. The first-order chi connectivity index (χ1) is 15.5. The molecule has 0 atom stereocenters. The molecule has 0 spiro atoms. The second-order valence-corrected chi connectivity index (χ2v) is 7.97. The monoisotopic (exact) mass is 432 g/mol. The van der Waals surface area contributed by atoms with Gasteiger partial charge in [0.1, 0.15) is 12.0 Å². The van der Waals surface area contributed by atoms with E-state index in [2.05, 4.69) is 41.3 Å². The largest absolute Gasteiger partial charge is 0.368 e. The number of H-pyrrole nitrogens is 1. The molecule has 0 aliphatic carbocycles. The van der Waals surface area contributed by atoms with Crippen LogP contribution in [0.1, 0.15) is 21.7 Å². The maximum absolute atomic E-state index is 12.2. The van der Waals surface area contributed by atoms with Gasteiger partial charge < -0.3 is 15.2 Å². The number of anilines is 1. The Kier molecular flexibility index (Phi) is 5.06. The zero-order valence-electron chi connectivity index (χ0n) is 18.0. The lowest BCUT2D eigenvalue weighted by molar-refractivity contribution is 0.0958. The van der Waals surface area contributed by atoms with Gasteiger partial charge in [0, 0.05) is 39.8 Å². The molecule has 1 amide bonds. The van der Waals surface area contributed by atoms with Gasteiger partial charge in [-0.1, -0.05) is 6.07 Å². The fraction of sp³-hybridized carbons (Fsp3) is 0.318. The lowest BCUT2D eigenvalue weighted by Gasteiger charge is -2.36. The average molecular weight is 432 g/mol. The van der Waals surface area contributed by atoms with Crippen molar-refractivity contribution < 1.29 is 4.79 Å². The summed E-state index contributed by atoms with van der Waals surface area (Å²) in [7, 11) is 1.61. The number of rotatable bonds is 4. The van der Waals surface area contributed by atoms with Gasteiger partial charge in [0.05, 0.1) is 22.4 Å². The summed E-state index contributed by atoms with van der Waals surface area (Å²) in [5, 5.41) is 10.3. The minimum atomic E-state index is -0.243. The summed E-state index contributed by atoms with van der Waals surface area (Å²) in [6.45, 7) is 6.34. The highest BCUT2D eigenvalue weighted by Crippen LogP contribution is 2.22. The number of aromatic amines is 1. The Morgan fingerprint density at radius 1 is 1.16 bits per heavy atom. The summed E-state index contributed by atoms with van der Waals surface area (Å²) in [6, 6.07) is 9.85. The third kappa shape index (κ3) is 3.58. The van der Waals surface area contributed by atoms with Crippen LogP contribution in [0.3, 0.4) is 0 Å². The third-order valence-corrected chi connectivity index (χ3v) is 5.96. The number of nitrogens with one attached hydrogen (secondary N) is 2. The number of nitrogens with zero attached hydrogens (tertiary/aromatic N) is 6. The fourth-order valence-electron chi connectivity index (χ4n) is 4.28. The van der Waals surface area contributed by atoms with Gasteiger partial charge in [-0.05, 0) is 36.8 Å². The summed E-state index contributed by atoms with van der Waals surface area (Å²) in [5.41, 5.74) is 5.21. The Morgan fingerprint density at radius 3 is 2.72 bits per heavy atom. The fourth-order valence-corrected chi connectivity index (χ4v) is 4.28. The number of pyridine rings is 1. The second-order valence-electron chi connectivity index (χ2n) is 7.97. The van der Waals surface area contributed by atoms with Crippen LogP contribution in [-0.2, 0) is 6.54 Å². The molecule has 32 heavy (non-hydrogen) atoms. The van der Waals surface area contributed by atoms with Gasteiger partial charge in [0.25, 0.3) is 11.5 Å². The smallest absolute Gasteiger partial charge is 0.294 e. The maximum atomic E-state index is 12.2. The minimum absolute atomic E-state index is 0.175. The first-order valence-corrected chi connectivity index (χ1v) is 10.5. The van der Waals surface area contributed by atoms with E-state index in [9.17, 15) is 9.59 Å². The van der Waals surface area contributed by atoms with E-state index in [-0.39, 0.29) is 11.5 Å². The Bertz CT molecular complexity index is 1370. The van der Waals surface area contributed by atoms with Crippen LogP contribution >= 0.6 is 0 Å². The second kappa shape index (κ2) is 8.04. The Morgan fingerprint density at radius 2 is 1.97 bits per heavy atom. The maximum Gasteiger partial charge on any atom is 0.294 e. The predicted molar refractivity (Wildman–Crippen MR) is 121 cm³/mol. The van der Waals surface area contributed by atoms with E-state index in [1.54, 1.807) is 23.8 Å². The molecule has 0 radical (unpaired) electrons. The van der Waals surface area contributed by atoms with E-state index in [0.29, 0.717) is 11.3 Å². The number of fused-ring (bicyclic) bond motifs is 3. The van der Waals surface area contributed by atoms with E-state index < -0.39 is 0 Å². The van der Waals surface area contributed by atoms with Gasteiger partial charge in [0.15, 0.2) is 0 Å². The Hall–Kier alpha value is -3.79. The van der Waals surface area contributed by atoms with E-state index in [0.717, 1.165) is 60.7 Å². The molecule has 1 fully saturated rings. The number of amides is 1. The lowest BCUT2D eigenvalue weighted by Crippen LogP contribution is -2.46. The number of hydrogen-bond donors (Lipinski definition) is 2. The molecule has 10 heteroatoms. The molecule has 2 N–H and O–H groups in total. The van der Waals surface area contributed by atoms with Crippen LogP contribution in [0.5, 0.6) is 0 Å². The van der Waals surface area contributed by atoms with Crippen LogP contribution in [0.2, 0.25) is 0 Å². The van der Waals surface area contributed by atoms with Gasteiger partial charge in [0.2, 0.25) is 5.65 Å². The molecule has 5 rings (SSSR count). The zero-order valence-corrected chi connectivity index (χ0v) is 18.0. The SMILES string of the molecule is CNC(=O)c1ccc(N2CCN(Cc3ccc4c(c3)[nH]c(=O)c3nncn34)CC2)c(C)n1. The first kappa shape index (κ1) is 20.1. The van der Waals surface area contributed by atoms with Crippen LogP contribution < -0.4 is 15.8 Å². The van der Waals surface area contributed by atoms with Crippen LogP contribution in [0.15, 0.2) is 41.5 Å². The standard InChI is InChI=1S/C22H24N8O2/c1-14-18(6-4-16(25-14)21(31)23-2)29-9-7-28(8-10-29)12-15-3-5-19-17(11-15)26-22(32)20-27-24-13-30(19)20/h3-6,11,13H,7-10,12H2,1-2H3,(H,23,31)(H,26,32). The van der Waals surface area contributed by atoms with Crippen molar-refractivity contribution in [2.75, 3.05) is 38.1 Å². The summed E-state index contributed by atoms with van der Waals surface area (Å²) in [4.78, 5) is 36.1. The number of aryl methyl sites for hydroxylation is 1. The molecule has 0 bridgehead atoms. The molecule has 4 heterocycles. The highest BCUT2D eigenvalue weighted by Gasteiger charge is 2.20. The third-order valence-electron chi connectivity index (χ3n) is 5.96. The molecule has 164 valence electrons. The molecular weight excluding hydrogens is 408 g/mol. The normalized spacial score (nSPS) is 14.9. The Balaban J connectivity index is 1.28. The number of carbonyl (C=O) groups is 1. The van der Waals surface area contributed by atoms with Crippen molar-refractivity contribution in [2.24, 2.45) is 0 Å². The quantitative estimate of drug-likeness (QED) is 0.494. The number of benzene rings is 1. The van der Waals surface area contributed by atoms with Crippen LogP contribution in [0.4, 0.5) is 5.69 Å². The number of carbonyl (C=O) groups excluding carboxylic acids is 1. The summed E-state index contributed by atoms with van der Waals surface area (Å²) in [6.07, 6.45) is 1.56. The van der Waals surface area contributed by atoms with E-state index in [1.165, 1.54) is 0 Å². The average Bonchev–Trinajstić information content (AvgIpc) is 3.30. The van der Waals surface area contributed by atoms with Crippen molar-refractivity contribution in [3.05, 3.63) is 64.0 Å². The van der Waals surface area contributed by atoms with Crippen molar-refractivity contribution in [3.8, 4) is 0 Å². The van der Waals surface area contributed by atoms with Crippen molar-refractivity contribution in [2.45, 2.75) is 13.5 Å². The van der Waals surface area contributed by atoms with Crippen LogP contribution in [0.25, 0.3) is 16.7 Å². The van der Waals surface area contributed by atoms with Crippen molar-refractivity contribution in [1.29, 1.82) is 0 Å². The highest BCUT2D eigenvalue weighted by atomic mass is 16.1. The molecule has 1 aromatic carbocycles. The van der Waals surface area contributed by atoms with Crippen molar-refractivity contribution in [1.82, 2.24) is 34.8 Å². The van der Waals surface area contributed by atoms with E-state index in [4.69, 9.17) is 0 Å². The Labute approximate surface area is 183 Å². The molecule has 10 nitrogen and oxygen atoms in total. The number of hydrogen-bond acceptors (Lipinski definition) is 7. The van der Waals surface area contributed by atoms with Gasteiger partial charge in [-0.25, -0.2) is 4.98 Å². The summed E-state index contributed by atoms with van der Waals surface area (Å²) < 4.78 is 1.71. The molecule has 3 aromatic heterocycles. The molecule has 0 unspecified atom stereocenters. The van der Waals surface area contributed by atoms with E-state index >= 15 is 0 Å². The molecule has 1 aliphatic heterocycles. The van der Waals surface area contributed by atoms with Gasteiger partial charge in [-0.2, -0.15) is 0 Å². The van der Waals surface area contributed by atoms with Crippen LogP contribution in [-0.4, -0.2) is 68.6 Å². The van der Waals surface area contributed by atoms with Crippen molar-refractivity contribution in [3.63, 3.8) is 0 Å². The van der Waals surface area contributed by atoms with Gasteiger partial charge in [-0.3, -0.25) is 18.9 Å². The minimum Gasteiger partial charge on any atom is -0.368 e. The molecule has 1 aliphatic rings. The molecular formula is C22H24N8O2. The van der Waals surface area contributed by atoms with Crippen molar-refractivity contribution >= 4 is 28.3 Å². The predicted octanol–water partition coefficient (Wildman–Crippen LogP) is 0.956. The molecule has 1 saturated heterocycles. The molecule has 0 saturated carbocycles. The summed E-state index contributed by atoms with van der Waals surface area (Å²) in [5.74, 6) is -0.175. The lowest BCUT2D eigenvalue weighted by atomic mass is 10.1. The number of aromatic nitrogens is 5. The zero-order chi connectivity index (χ0) is 22.2. The molecule has 4 aromatic rings. The van der Waals surface area contributed by atoms with E-state index in [1.807, 2.05) is 25.1 Å². The topological polar surface area (TPSA) is 112 Å². The van der Waals surface area contributed by atoms with Crippen LogP contribution in [0, 0.1) is 6.92 Å². The van der Waals surface area contributed by atoms with Gasteiger partial charge in [-0.15, -0.1) is 10.2 Å².